The van der Waals surface area contributed by atoms with E-state index < -0.39 is 18.1 Å². The molecule has 1 aromatic carbocycles. The van der Waals surface area contributed by atoms with Crippen LogP contribution in [0.15, 0.2) is 47.1 Å². The van der Waals surface area contributed by atoms with Crippen molar-refractivity contribution >= 4 is 5.69 Å². The number of hydrogen-bond acceptors (Lipinski definition) is 8. The van der Waals surface area contributed by atoms with Gasteiger partial charge in [0.25, 0.3) is 5.89 Å². The molecule has 1 fully saturated rings. The third-order valence-electron chi connectivity index (χ3n) is 5.65. The molecule has 0 N–H and O–H groups in total. The summed E-state index contributed by atoms with van der Waals surface area (Å²) < 4.78 is 46.2. The SMILES string of the molecule is CN1CCN(c2cccc(-c3cn(Cc4ncc(-c5nnc(C(F)F)o5)cc4F)nn3)c2)CC1. The predicted octanol–water partition coefficient (Wildman–Crippen LogP) is 3.27. The number of hydrogen-bond donors (Lipinski definition) is 0. The number of benzene rings is 1. The van der Waals surface area contributed by atoms with Crippen molar-refractivity contribution in [1.29, 1.82) is 0 Å². The Morgan fingerprint density at radius 2 is 1.85 bits per heavy atom. The van der Waals surface area contributed by atoms with E-state index in [-0.39, 0.29) is 23.7 Å². The quantitative estimate of drug-likeness (QED) is 0.424. The first kappa shape index (κ1) is 22.0. The predicted molar refractivity (Wildman–Crippen MR) is 117 cm³/mol. The zero-order valence-electron chi connectivity index (χ0n) is 18.3. The summed E-state index contributed by atoms with van der Waals surface area (Å²) in [7, 11) is 2.12. The van der Waals surface area contributed by atoms with E-state index in [1.54, 1.807) is 6.20 Å². The monoisotopic (exact) mass is 470 g/mol. The Morgan fingerprint density at radius 3 is 2.59 bits per heavy atom. The summed E-state index contributed by atoms with van der Waals surface area (Å²) >= 11 is 0. The van der Waals surface area contributed by atoms with Gasteiger partial charge in [0.05, 0.1) is 24.0 Å². The molecular weight excluding hydrogens is 449 g/mol. The van der Waals surface area contributed by atoms with Crippen molar-refractivity contribution < 1.29 is 17.6 Å². The zero-order valence-corrected chi connectivity index (χ0v) is 18.3. The fraction of sp³-hybridized carbons (Fsp3) is 0.318. The van der Waals surface area contributed by atoms with E-state index in [9.17, 15) is 13.2 Å². The molecule has 0 spiro atoms. The molecule has 0 amide bonds. The van der Waals surface area contributed by atoms with Crippen LogP contribution in [0.1, 0.15) is 18.0 Å². The van der Waals surface area contributed by atoms with E-state index in [0.29, 0.717) is 5.69 Å². The second-order valence-electron chi connectivity index (χ2n) is 8.04. The van der Waals surface area contributed by atoms with Crippen LogP contribution in [0.2, 0.25) is 0 Å². The first-order chi connectivity index (χ1) is 16.5. The minimum atomic E-state index is -2.90. The fourth-order valence-corrected chi connectivity index (χ4v) is 3.73. The van der Waals surface area contributed by atoms with Crippen molar-refractivity contribution in [2.75, 3.05) is 38.1 Å². The molecule has 1 aliphatic rings. The number of anilines is 1. The molecule has 1 saturated heterocycles. The van der Waals surface area contributed by atoms with Gasteiger partial charge < -0.3 is 14.2 Å². The van der Waals surface area contributed by atoms with E-state index in [0.717, 1.165) is 43.5 Å². The molecule has 34 heavy (non-hydrogen) atoms. The van der Waals surface area contributed by atoms with Gasteiger partial charge in [-0.3, -0.25) is 4.98 Å². The summed E-state index contributed by atoms with van der Waals surface area (Å²) in [5, 5.41) is 15.1. The molecule has 4 heterocycles. The summed E-state index contributed by atoms with van der Waals surface area (Å²) in [5.74, 6) is -1.70. The average molecular weight is 470 g/mol. The largest absolute Gasteiger partial charge is 0.415 e. The molecule has 0 atom stereocenters. The third kappa shape index (κ3) is 4.62. The molecule has 0 radical (unpaired) electrons. The molecule has 0 aliphatic carbocycles. The van der Waals surface area contributed by atoms with Gasteiger partial charge in [0.2, 0.25) is 5.89 Å². The van der Waals surface area contributed by atoms with Crippen LogP contribution in [0.5, 0.6) is 0 Å². The molecule has 9 nitrogen and oxygen atoms in total. The number of halogens is 3. The molecule has 12 heteroatoms. The van der Waals surface area contributed by atoms with E-state index in [2.05, 4.69) is 54.5 Å². The molecule has 3 aromatic heterocycles. The van der Waals surface area contributed by atoms with Gasteiger partial charge in [0.1, 0.15) is 11.5 Å². The molecule has 0 bridgehead atoms. The van der Waals surface area contributed by atoms with Crippen LogP contribution in [0, 0.1) is 5.82 Å². The van der Waals surface area contributed by atoms with Gasteiger partial charge in [-0.15, -0.1) is 15.3 Å². The molecule has 4 aromatic rings. The number of pyridine rings is 1. The summed E-state index contributed by atoms with van der Waals surface area (Å²) in [6.45, 7) is 3.99. The van der Waals surface area contributed by atoms with Gasteiger partial charge in [-0.1, -0.05) is 17.3 Å². The van der Waals surface area contributed by atoms with Crippen LogP contribution < -0.4 is 4.90 Å². The van der Waals surface area contributed by atoms with Crippen molar-refractivity contribution in [1.82, 2.24) is 35.1 Å². The summed E-state index contributed by atoms with van der Waals surface area (Å²) in [5.41, 5.74) is 2.93. The number of piperazine rings is 1. The Kier molecular flexibility index (Phi) is 5.97. The Hall–Kier alpha value is -3.80. The van der Waals surface area contributed by atoms with Crippen LogP contribution in [0.4, 0.5) is 18.9 Å². The lowest BCUT2D eigenvalue weighted by molar-refractivity contribution is 0.116. The van der Waals surface area contributed by atoms with Crippen molar-refractivity contribution in [3.05, 3.63) is 60.1 Å². The van der Waals surface area contributed by atoms with E-state index in [4.69, 9.17) is 4.42 Å². The second kappa shape index (κ2) is 9.21. The van der Waals surface area contributed by atoms with Crippen LogP contribution >= 0.6 is 0 Å². The Balaban J connectivity index is 1.30. The lowest BCUT2D eigenvalue weighted by Crippen LogP contribution is -2.44. The second-order valence-corrected chi connectivity index (χ2v) is 8.04. The molecule has 5 rings (SSSR count). The Morgan fingerprint density at radius 1 is 1.03 bits per heavy atom. The molecule has 0 saturated carbocycles. The van der Waals surface area contributed by atoms with Gasteiger partial charge in [-0.25, -0.2) is 9.07 Å². The number of likely N-dealkylation sites (N-methyl/N-ethyl adjacent to an activating group) is 1. The maximum Gasteiger partial charge on any atom is 0.314 e. The minimum absolute atomic E-state index is 0.0450. The smallest absolute Gasteiger partial charge is 0.314 e. The summed E-state index contributed by atoms with van der Waals surface area (Å²) in [4.78, 5) is 8.71. The maximum absolute atomic E-state index is 14.6. The lowest BCUT2D eigenvalue weighted by atomic mass is 10.1. The standard InChI is InChI=1S/C22H21F3N8O/c1-31-5-7-32(8-6-31)16-4-2-3-14(9-16)18-12-33(30-27-18)13-19-17(23)10-15(11-26-19)21-28-29-22(34-21)20(24)25/h2-4,9-12,20H,5-8,13H2,1H3. The summed E-state index contributed by atoms with van der Waals surface area (Å²) in [6, 6.07) is 9.21. The van der Waals surface area contributed by atoms with Gasteiger partial charge in [-0.05, 0) is 25.2 Å². The fourth-order valence-electron chi connectivity index (χ4n) is 3.73. The van der Waals surface area contributed by atoms with Crippen LogP contribution in [0.3, 0.4) is 0 Å². The van der Waals surface area contributed by atoms with Gasteiger partial charge in [-0.2, -0.15) is 8.78 Å². The minimum Gasteiger partial charge on any atom is -0.415 e. The summed E-state index contributed by atoms with van der Waals surface area (Å²) in [6.07, 6.45) is 0.117. The maximum atomic E-state index is 14.6. The van der Waals surface area contributed by atoms with Crippen molar-refractivity contribution in [3.8, 4) is 22.7 Å². The van der Waals surface area contributed by atoms with Crippen molar-refractivity contribution in [2.45, 2.75) is 13.0 Å². The average Bonchev–Trinajstić information content (AvgIpc) is 3.51. The Labute approximate surface area is 192 Å². The number of nitrogens with zero attached hydrogens (tertiary/aromatic N) is 8. The van der Waals surface area contributed by atoms with Crippen molar-refractivity contribution in [3.63, 3.8) is 0 Å². The van der Waals surface area contributed by atoms with Gasteiger partial charge in [0.15, 0.2) is 0 Å². The number of alkyl halides is 2. The number of rotatable bonds is 6. The molecule has 0 unspecified atom stereocenters. The van der Waals surface area contributed by atoms with Crippen LogP contribution in [-0.2, 0) is 6.54 Å². The highest BCUT2D eigenvalue weighted by Gasteiger charge is 2.19. The molecule has 176 valence electrons. The van der Waals surface area contributed by atoms with Gasteiger partial charge in [0, 0.05) is 43.6 Å². The molecule has 1 aliphatic heterocycles. The zero-order chi connectivity index (χ0) is 23.7. The highest BCUT2D eigenvalue weighted by atomic mass is 19.3. The van der Waals surface area contributed by atoms with E-state index in [1.807, 2.05) is 12.1 Å². The first-order valence-corrected chi connectivity index (χ1v) is 10.7. The van der Waals surface area contributed by atoms with Crippen LogP contribution in [-0.4, -0.2) is 68.3 Å². The molecular formula is C22H21F3N8O. The highest BCUT2D eigenvalue weighted by molar-refractivity contribution is 5.65. The normalized spacial score (nSPS) is 14.8. The first-order valence-electron chi connectivity index (χ1n) is 10.7. The van der Waals surface area contributed by atoms with Crippen LogP contribution in [0.25, 0.3) is 22.7 Å². The third-order valence-corrected chi connectivity index (χ3v) is 5.65. The number of aromatic nitrogens is 6. The van der Waals surface area contributed by atoms with Gasteiger partial charge >= 0.3 is 6.43 Å². The Bertz CT molecular complexity index is 1280. The highest BCUT2D eigenvalue weighted by Crippen LogP contribution is 2.26. The van der Waals surface area contributed by atoms with E-state index in [1.165, 1.54) is 10.9 Å². The topological polar surface area (TPSA) is 89.0 Å². The van der Waals surface area contributed by atoms with E-state index >= 15 is 0 Å². The van der Waals surface area contributed by atoms with Crippen molar-refractivity contribution in [2.24, 2.45) is 0 Å². The lowest BCUT2D eigenvalue weighted by Gasteiger charge is -2.34.